The minimum atomic E-state index is -2.39. The van der Waals surface area contributed by atoms with E-state index in [2.05, 4.69) is 86.0 Å². The van der Waals surface area contributed by atoms with Gasteiger partial charge in [-0.2, -0.15) is 0 Å². The van der Waals surface area contributed by atoms with Gasteiger partial charge in [0, 0.05) is 126 Å². The molecule has 0 radical (unpaired) electrons. The number of fused-ring (bicyclic) bond motifs is 6. The van der Waals surface area contributed by atoms with Crippen LogP contribution in [0.5, 0.6) is 5.75 Å². The number of alkyl carbamates (subject to hydrolysis) is 1. The lowest BCUT2D eigenvalue weighted by Gasteiger charge is -2.63. The molecule has 8 heterocycles. The third-order valence-corrected chi connectivity index (χ3v) is 24.2. The van der Waals surface area contributed by atoms with E-state index in [9.17, 15) is 54.9 Å². The molecule has 2 amide bonds. The van der Waals surface area contributed by atoms with Crippen LogP contribution < -0.4 is 20.3 Å². The summed E-state index contributed by atoms with van der Waals surface area (Å²) in [5.41, 5.74) is 0.756. The number of carbonyl (C=O) groups excluding carboxylic acids is 4. The highest BCUT2D eigenvalue weighted by atomic mass is 33.1. The first-order chi connectivity index (χ1) is 45.5. The van der Waals surface area contributed by atoms with E-state index in [1.54, 1.807) is 13.3 Å². The van der Waals surface area contributed by atoms with Crippen LogP contribution in [0.1, 0.15) is 126 Å². The maximum Gasteiger partial charge on any atom is 0.407 e. The SMILES string of the molecule is CCCCCC(=O)N[C@@H](Cc1cn(CCOC2OC(C(=O)O)C(O)[C@H](O)[C@@H]2O)nn1)C(=O)CCCSSCCOC(=O)NCC(=O)[C@@]1(O)[C@H](O)[C@]2(CC)C=CCN3CC[C@@]4(c5cc([C@@]6(C)C[C@@H]7CN(CCc8c6[nH]c6ccccc86)C[C@](O)(CC)C7)c(OC)cc5N(C)[C@@H]14)[C@@H]32. The molecule has 27 heteroatoms. The van der Waals surface area contributed by atoms with Gasteiger partial charge in [-0.25, -0.2) is 14.3 Å². The van der Waals surface area contributed by atoms with Gasteiger partial charge in [0.1, 0.15) is 36.8 Å². The molecule has 7 aliphatic rings. The lowest BCUT2D eigenvalue weighted by Crippen LogP contribution is -2.81. The quantitative estimate of drug-likeness (QED) is 0.0219. The van der Waals surface area contributed by atoms with Crippen LogP contribution in [-0.2, 0) is 63.6 Å². The molecule has 4 fully saturated rings. The van der Waals surface area contributed by atoms with Crippen LogP contribution >= 0.6 is 21.6 Å². The van der Waals surface area contributed by atoms with E-state index in [1.807, 2.05) is 37.9 Å². The fourth-order valence-corrected chi connectivity index (χ4v) is 19.2. The zero-order chi connectivity index (χ0) is 67.8. The van der Waals surface area contributed by atoms with E-state index < -0.39 is 101 Å². The third kappa shape index (κ3) is 13.3. The Morgan fingerprint density at radius 3 is 2.46 bits per heavy atom. The minimum Gasteiger partial charge on any atom is -0.496 e. The molecule has 4 unspecified atom stereocenters. The van der Waals surface area contributed by atoms with Gasteiger partial charge in [0.15, 0.2) is 29.6 Å². The number of carboxylic acids is 1. The van der Waals surface area contributed by atoms with Crippen LogP contribution in [0.3, 0.4) is 0 Å². The number of aliphatic hydroxyl groups excluding tert-OH is 4. The Bertz CT molecular complexity index is 3480. The molecule has 520 valence electrons. The first kappa shape index (κ1) is 70.6. The van der Waals surface area contributed by atoms with Gasteiger partial charge in [0.05, 0.1) is 50.2 Å². The maximum atomic E-state index is 15.3. The van der Waals surface area contributed by atoms with Gasteiger partial charge < -0.3 is 75.2 Å². The number of aromatic amines is 1. The number of likely N-dealkylation sites (N-methyl/N-ethyl adjacent to an activating group) is 1. The van der Waals surface area contributed by atoms with Gasteiger partial charge >= 0.3 is 12.1 Å². The maximum absolute atomic E-state index is 15.3. The number of aromatic nitrogens is 4. The van der Waals surface area contributed by atoms with Gasteiger partial charge in [-0.05, 0) is 94.0 Å². The molecule has 25 nitrogen and oxygen atoms in total. The fourth-order valence-electron chi connectivity index (χ4n) is 17.3. The summed E-state index contributed by atoms with van der Waals surface area (Å²) in [6.45, 7) is 11.3. The molecule has 1 spiro atoms. The van der Waals surface area contributed by atoms with Gasteiger partial charge in [-0.3, -0.25) is 24.2 Å². The Morgan fingerprint density at radius 2 is 1.71 bits per heavy atom. The molecule has 1 saturated carbocycles. The summed E-state index contributed by atoms with van der Waals surface area (Å²) in [6.07, 6.45) is 1.68. The molecule has 3 saturated heterocycles. The zero-order valence-corrected chi connectivity index (χ0v) is 56.9. The van der Waals surface area contributed by atoms with Gasteiger partial charge in [0.2, 0.25) is 5.91 Å². The highest BCUT2D eigenvalue weighted by Crippen LogP contribution is 2.68. The van der Waals surface area contributed by atoms with Crippen molar-refractivity contribution >= 4 is 67.7 Å². The van der Waals surface area contributed by atoms with Crippen LogP contribution in [0.25, 0.3) is 10.9 Å². The van der Waals surface area contributed by atoms with Crippen molar-refractivity contribution in [3.63, 3.8) is 0 Å². The molecule has 6 aliphatic heterocycles. The number of para-hydroxylation sites is 1. The number of nitrogens with one attached hydrogen (secondary N) is 3. The Labute approximate surface area is 561 Å². The van der Waals surface area contributed by atoms with Gasteiger partial charge in [0.25, 0.3) is 0 Å². The second-order valence-electron chi connectivity index (χ2n) is 27.5. The van der Waals surface area contributed by atoms with Crippen LogP contribution in [0.2, 0.25) is 0 Å². The highest BCUT2D eigenvalue weighted by molar-refractivity contribution is 8.76. The summed E-state index contributed by atoms with van der Waals surface area (Å²) in [4.78, 5) is 77.7. The topological polar surface area (TPSA) is 344 Å². The van der Waals surface area contributed by atoms with Crippen molar-refractivity contribution in [3.8, 4) is 5.75 Å². The first-order valence-electron chi connectivity index (χ1n) is 33.8. The molecule has 10 N–H and O–H groups in total. The number of ketones is 2. The number of ether oxygens (including phenoxy) is 4. The van der Waals surface area contributed by atoms with Crippen molar-refractivity contribution in [1.82, 2.24) is 40.4 Å². The lowest BCUT2D eigenvalue weighted by molar-refractivity contribution is -0.294. The number of anilines is 1. The predicted octanol–water partition coefficient (Wildman–Crippen LogP) is 3.93. The number of methoxy groups -OCH3 is 1. The number of carbonyl (C=O) groups is 5. The summed E-state index contributed by atoms with van der Waals surface area (Å²) >= 11 is 0. The third-order valence-electron chi connectivity index (χ3n) is 21.8. The number of aliphatic hydroxyl groups is 6. The average Bonchev–Trinajstić information content (AvgIpc) is 1.57. The van der Waals surface area contributed by atoms with Gasteiger partial charge in [-0.15, -0.1) is 5.10 Å². The molecule has 16 atom stereocenters. The Kier molecular flexibility index (Phi) is 21.6. The number of nitrogens with zero attached hydrogens (tertiary/aromatic N) is 6. The Balaban J connectivity index is 0.725. The van der Waals surface area contributed by atoms with Crippen LogP contribution in [0.4, 0.5) is 10.5 Å². The van der Waals surface area contributed by atoms with E-state index in [0.29, 0.717) is 87.5 Å². The molecule has 4 aromatic rings. The largest absolute Gasteiger partial charge is 0.496 e. The van der Waals surface area contributed by atoms with Gasteiger partial charge in [-0.1, -0.05) is 90.8 Å². The van der Waals surface area contributed by atoms with E-state index in [0.717, 1.165) is 60.4 Å². The van der Waals surface area contributed by atoms with Crippen molar-refractivity contribution in [2.24, 2.45) is 11.3 Å². The number of rotatable bonds is 28. The normalized spacial score (nSPS) is 32.7. The number of carboxylic acid groups (broad SMARTS) is 1. The van der Waals surface area contributed by atoms with Crippen molar-refractivity contribution in [1.29, 1.82) is 0 Å². The van der Waals surface area contributed by atoms with E-state index in [-0.39, 0.29) is 62.7 Å². The van der Waals surface area contributed by atoms with Crippen molar-refractivity contribution in [2.75, 3.05) is 83.0 Å². The summed E-state index contributed by atoms with van der Waals surface area (Å²) in [5.74, 6) is -0.990. The molecule has 11 rings (SSSR count). The van der Waals surface area contributed by atoms with E-state index in [4.69, 9.17) is 18.9 Å². The average molecular weight is 1360 g/mol. The molecule has 2 aromatic carbocycles. The molecule has 2 aromatic heterocycles. The lowest BCUT2D eigenvalue weighted by atomic mass is 9.47. The molecule has 1 aliphatic carbocycles. The highest BCUT2D eigenvalue weighted by Gasteiger charge is 2.78. The van der Waals surface area contributed by atoms with Crippen molar-refractivity contribution in [3.05, 3.63) is 82.8 Å². The van der Waals surface area contributed by atoms with Crippen LogP contribution in [-0.4, -0.2) is 239 Å². The number of hydrogen-bond acceptors (Lipinski definition) is 22. The number of benzene rings is 2. The predicted molar refractivity (Wildman–Crippen MR) is 356 cm³/mol. The van der Waals surface area contributed by atoms with Crippen LogP contribution in [0.15, 0.2) is 54.7 Å². The monoisotopic (exact) mass is 1360 g/mol. The number of amides is 2. The number of H-pyrrole nitrogens is 1. The van der Waals surface area contributed by atoms with E-state index in [1.165, 1.54) is 37.2 Å². The summed E-state index contributed by atoms with van der Waals surface area (Å²) in [6, 6.07) is 10.7. The standard InChI is InChI=1S/C68H95N9O16S2/c1-7-10-11-19-52(80)70-47(31-41-38-77(73-72-41)26-27-91-59-55(83)53(81)54(82)56(93-59)58(84)85)49(78)18-14-29-94-95-30-28-92-63(87)69-36-51(79)68(89)61-67(22-25-76-23-15-21-66(9-3,60(67)76)62(68)86)44-32-45(50(90-6)33-48(44)74(61)5)64(4)34-40-35-65(88,8-2)39-75(37-40)24-20-43-42-16-12-13-17-46(42)71-57(43)64/h12-13,15-17,21,32-33,38,40,47,53-56,59-62,71,81-83,86,88-89H,7-11,14,18-20,22-31,34-37,39H2,1-6H3,(H,69,87)(H,70,80)(H,84,85)/t40-,47-,53-,54?,55-,56?,59?,60-,61+,62+,64+,65-,66+,67+,68-/m0/s1. The van der Waals surface area contributed by atoms with Crippen molar-refractivity contribution in [2.45, 2.75) is 195 Å². The molecular weight excluding hydrogens is 1260 g/mol. The number of piperidine rings is 1. The molecule has 2 bridgehead atoms. The Morgan fingerprint density at radius 1 is 0.916 bits per heavy atom. The number of aliphatic carboxylic acids is 1. The summed E-state index contributed by atoms with van der Waals surface area (Å²) in [7, 11) is 6.49. The zero-order valence-electron chi connectivity index (χ0n) is 55.2. The minimum absolute atomic E-state index is 0.0101. The second kappa shape index (κ2) is 29.0. The van der Waals surface area contributed by atoms with E-state index >= 15 is 4.79 Å². The number of unbranched alkanes of at least 4 members (excludes halogenated alkanes) is 2. The Hall–Kier alpha value is -5.69. The molecule has 95 heavy (non-hydrogen) atoms. The molecular formula is C68H95N9O16S2. The summed E-state index contributed by atoms with van der Waals surface area (Å²) < 4.78 is 24.1. The fraction of sp³-hybridized carbons (Fsp3) is 0.662. The number of hydrogen-bond donors (Lipinski definition) is 10. The van der Waals surface area contributed by atoms with Crippen LogP contribution in [0, 0.1) is 11.3 Å². The summed E-state index contributed by atoms with van der Waals surface area (Å²) in [5, 5.41) is 93.4. The van der Waals surface area contributed by atoms with Crippen molar-refractivity contribution < 1.29 is 78.7 Å². The second-order valence-corrected chi connectivity index (χ2v) is 30.2. The number of Topliss-reactive ketones (excluding diaryl/α,β-unsaturated/α-hetero) is 2. The first-order valence-corrected chi connectivity index (χ1v) is 36.3. The smallest absolute Gasteiger partial charge is 0.407 e.